The molecule has 2 N–H and O–H groups in total. The molecule has 0 bridgehead atoms. The summed E-state index contributed by atoms with van der Waals surface area (Å²) in [5, 5.41) is 0. The van der Waals surface area contributed by atoms with Gasteiger partial charge in [0.05, 0.1) is 0 Å². The third-order valence-corrected chi connectivity index (χ3v) is 3.76. The Morgan fingerprint density at radius 2 is 1.35 bits per heavy atom. The van der Waals surface area contributed by atoms with E-state index in [2.05, 4.69) is 54.6 Å². The largest absolute Gasteiger partial charge is 0.327 e. The Hall–Kier alpha value is -1.60. The molecule has 0 fully saturated rings. The van der Waals surface area contributed by atoms with Gasteiger partial charge in [-0.25, -0.2) is 0 Å². The van der Waals surface area contributed by atoms with E-state index in [1.165, 1.54) is 16.7 Å². The van der Waals surface area contributed by atoms with Crippen LogP contribution in [0, 0.1) is 0 Å². The fourth-order valence-corrected chi connectivity index (χ4v) is 2.81. The quantitative estimate of drug-likeness (QED) is 0.790. The summed E-state index contributed by atoms with van der Waals surface area (Å²) in [5.74, 6) is 0.464. The topological polar surface area (TPSA) is 26.0 Å². The van der Waals surface area contributed by atoms with E-state index in [9.17, 15) is 0 Å². The smallest absolute Gasteiger partial charge is 0.0152 e. The summed E-state index contributed by atoms with van der Waals surface area (Å²) in [5.41, 5.74) is 10.6. The van der Waals surface area contributed by atoms with Gasteiger partial charge in [0.25, 0.3) is 0 Å². The van der Waals surface area contributed by atoms with E-state index >= 15 is 0 Å². The molecule has 0 spiro atoms. The third-order valence-electron chi connectivity index (χ3n) is 3.76. The predicted octanol–water partition coefficient (Wildman–Crippen LogP) is 2.90. The van der Waals surface area contributed by atoms with Crippen molar-refractivity contribution in [1.82, 2.24) is 0 Å². The van der Waals surface area contributed by atoms with Crippen LogP contribution in [0.3, 0.4) is 0 Å². The second-order valence-electron chi connectivity index (χ2n) is 4.86. The highest BCUT2D eigenvalue weighted by atomic mass is 14.7. The first kappa shape index (κ1) is 10.5. The third kappa shape index (κ3) is 1.98. The zero-order valence-electron chi connectivity index (χ0n) is 9.84. The molecule has 0 amide bonds. The Balaban J connectivity index is 1.95. The van der Waals surface area contributed by atoms with E-state index in [-0.39, 0.29) is 6.04 Å². The molecule has 0 heterocycles. The lowest BCUT2D eigenvalue weighted by Crippen LogP contribution is -2.35. The summed E-state index contributed by atoms with van der Waals surface area (Å²) in [4.78, 5) is 0. The van der Waals surface area contributed by atoms with Gasteiger partial charge in [-0.05, 0) is 29.5 Å². The monoisotopic (exact) mass is 223 g/mol. The molecule has 0 saturated carbocycles. The van der Waals surface area contributed by atoms with Gasteiger partial charge >= 0.3 is 0 Å². The minimum atomic E-state index is 0.243. The molecule has 0 saturated heterocycles. The van der Waals surface area contributed by atoms with Crippen molar-refractivity contribution in [3.63, 3.8) is 0 Å². The van der Waals surface area contributed by atoms with Crippen molar-refractivity contribution < 1.29 is 0 Å². The van der Waals surface area contributed by atoms with Crippen LogP contribution in [0.4, 0.5) is 0 Å². The van der Waals surface area contributed by atoms with Crippen LogP contribution in [0.2, 0.25) is 0 Å². The van der Waals surface area contributed by atoms with Crippen molar-refractivity contribution in [2.24, 2.45) is 5.73 Å². The average molecular weight is 223 g/mol. The molecule has 2 atom stereocenters. The predicted molar refractivity (Wildman–Crippen MR) is 71.0 cm³/mol. The van der Waals surface area contributed by atoms with Gasteiger partial charge in [0.15, 0.2) is 0 Å². The Labute approximate surface area is 102 Å². The molecule has 2 aromatic carbocycles. The van der Waals surface area contributed by atoms with Gasteiger partial charge in [0.2, 0.25) is 0 Å². The molecule has 0 unspecified atom stereocenters. The van der Waals surface area contributed by atoms with Crippen LogP contribution in [-0.2, 0) is 12.8 Å². The maximum atomic E-state index is 6.33. The summed E-state index contributed by atoms with van der Waals surface area (Å²) in [7, 11) is 0. The Bertz CT molecular complexity index is 504. The SMILES string of the molecule is N[C@@H]1Cc2ccccc2C[C@H]1c1ccccc1. The second-order valence-corrected chi connectivity index (χ2v) is 4.86. The minimum absolute atomic E-state index is 0.243. The van der Waals surface area contributed by atoms with Crippen LogP contribution in [0.5, 0.6) is 0 Å². The van der Waals surface area contributed by atoms with Crippen molar-refractivity contribution in [3.05, 3.63) is 71.3 Å². The number of hydrogen-bond donors (Lipinski definition) is 1. The Kier molecular flexibility index (Phi) is 2.69. The molecule has 2 aromatic rings. The van der Waals surface area contributed by atoms with Crippen LogP contribution in [0.1, 0.15) is 22.6 Å². The van der Waals surface area contributed by atoms with Gasteiger partial charge in [-0.15, -0.1) is 0 Å². The van der Waals surface area contributed by atoms with Gasteiger partial charge in [0, 0.05) is 12.0 Å². The molecule has 86 valence electrons. The number of rotatable bonds is 1. The minimum Gasteiger partial charge on any atom is -0.327 e. The van der Waals surface area contributed by atoms with E-state index in [0.29, 0.717) is 5.92 Å². The first-order valence-corrected chi connectivity index (χ1v) is 6.22. The zero-order chi connectivity index (χ0) is 11.7. The lowest BCUT2D eigenvalue weighted by Gasteiger charge is -2.31. The highest BCUT2D eigenvalue weighted by Crippen LogP contribution is 2.31. The molecule has 3 rings (SSSR count). The summed E-state index contributed by atoms with van der Waals surface area (Å²) in [6.45, 7) is 0. The van der Waals surface area contributed by atoms with E-state index in [1.807, 2.05) is 0 Å². The molecule has 1 aliphatic rings. The Morgan fingerprint density at radius 1 is 0.765 bits per heavy atom. The second kappa shape index (κ2) is 4.34. The molecule has 17 heavy (non-hydrogen) atoms. The molecular formula is C16H17N. The first-order chi connectivity index (χ1) is 8.34. The lowest BCUT2D eigenvalue weighted by molar-refractivity contribution is 0.497. The summed E-state index contributed by atoms with van der Waals surface area (Å²) >= 11 is 0. The maximum Gasteiger partial charge on any atom is 0.0152 e. The van der Waals surface area contributed by atoms with Gasteiger partial charge in [0.1, 0.15) is 0 Å². The molecule has 1 nitrogen and oxygen atoms in total. The van der Waals surface area contributed by atoms with Crippen molar-refractivity contribution in [2.45, 2.75) is 24.8 Å². The number of fused-ring (bicyclic) bond motifs is 1. The summed E-state index contributed by atoms with van der Waals surface area (Å²) < 4.78 is 0. The van der Waals surface area contributed by atoms with E-state index in [0.717, 1.165) is 12.8 Å². The van der Waals surface area contributed by atoms with Crippen LogP contribution in [0.25, 0.3) is 0 Å². The molecule has 1 aliphatic carbocycles. The van der Waals surface area contributed by atoms with Crippen LogP contribution in [-0.4, -0.2) is 6.04 Å². The van der Waals surface area contributed by atoms with E-state index < -0.39 is 0 Å². The van der Waals surface area contributed by atoms with E-state index in [1.54, 1.807) is 0 Å². The normalized spacial score (nSPS) is 23.1. The van der Waals surface area contributed by atoms with Gasteiger partial charge in [-0.3, -0.25) is 0 Å². The maximum absolute atomic E-state index is 6.33. The summed E-state index contributed by atoms with van der Waals surface area (Å²) in [6, 6.07) is 19.6. The Morgan fingerprint density at radius 3 is 2.06 bits per heavy atom. The van der Waals surface area contributed by atoms with Crippen LogP contribution >= 0.6 is 0 Å². The van der Waals surface area contributed by atoms with Crippen LogP contribution in [0.15, 0.2) is 54.6 Å². The molecule has 0 radical (unpaired) electrons. The van der Waals surface area contributed by atoms with Crippen molar-refractivity contribution in [2.75, 3.05) is 0 Å². The number of hydrogen-bond acceptors (Lipinski definition) is 1. The molecule has 0 aliphatic heterocycles. The standard InChI is InChI=1S/C16H17N/c17-16-11-14-9-5-4-8-13(14)10-15(16)12-6-2-1-3-7-12/h1-9,15-16H,10-11,17H2/t15-,16+/m0/s1. The number of benzene rings is 2. The van der Waals surface area contributed by atoms with Gasteiger partial charge in [-0.2, -0.15) is 0 Å². The van der Waals surface area contributed by atoms with Gasteiger partial charge < -0.3 is 5.73 Å². The summed E-state index contributed by atoms with van der Waals surface area (Å²) in [6.07, 6.45) is 2.07. The lowest BCUT2D eigenvalue weighted by atomic mass is 9.77. The van der Waals surface area contributed by atoms with Crippen molar-refractivity contribution in [3.8, 4) is 0 Å². The van der Waals surface area contributed by atoms with Crippen molar-refractivity contribution in [1.29, 1.82) is 0 Å². The molecule has 1 heteroatoms. The van der Waals surface area contributed by atoms with Gasteiger partial charge in [-0.1, -0.05) is 54.6 Å². The van der Waals surface area contributed by atoms with Crippen molar-refractivity contribution >= 4 is 0 Å². The molecule has 0 aromatic heterocycles. The van der Waals surface area contributed by atoms with Crippen LogP contribution < -0.4 is 5.73 Å². The highest BCUT2D eigenvalue weighted by molar-refractivity contribution is 5.35. The zero-order valence-corrected chi connectivity index (χ0v) is 9.84. The molecular weight excluding hydrogens is 206 g/mol. The highest BCUT2D eigenvalue weighted by Gasteiger charge is 2.26. The van der Waals surface area contributed by atoms with E-state index in [4.69, 9.17) is 5.73 Å². The first-order valence-electron chi connectivity index (χ1n) is 6.22. The average Bonchev–Trinajstić information content (AvgIpc) is 2.39. The fourth-order valence-electron chi connectivity index (χ4n) is 2.81. The number of nitrogens with two attached hydrogens (primary N) is 1. The fraction of sp³-hybridized carbons (Fsp3) is 0.250.